The zero-order chi connectivity index (χ0) is 10.7. The minimum atomic E-state index is 0.486. The molecule has 4 heteroatoms. The van der Waals surface area contributed by atoms with Crippen molar-refractivity contribution < 1.29 is 4.74 Å². The fourth-order valence-electron chi connectivity index (χ4n) is 1.38. The number of ether oxygens (including phenoxy) is 1. The van der Waals surface area contributed by atoms with E-state index in [1.54, 1.807) is 24.1 Å². The number of rotatable bonds is 2. The maximum absolute atomic E-state index is 8.88. The zero-order valence-electron chi connectivity index (χ0n) is 8.21. The molecule has 0 radical (unpaired) electrons. The van der Waals surface area contributed by atoms with Crippen molar-refractivity contribution in [3.63, 3.8) is 0 Å². The Morgan fingerprint density at radius 3 is 2.87 bits per heavy atom. The first-order chi connectivity index (χ1) is 7.36. The molecule has 0 saturated heterocycles. The van der Waals surface area contributed by atoms with Gasteiger partial charge >= 0.3 is 0 Å². The molecular weight excluding hydrogens is 190 g/mol. The predicted octanol–water partition coefficient (Wildman–Crippen LogP) is 1.75. The minimum Gasteiger partial charge on any atom is -0.494 e. The number of nitrogens with zero attached hydrogens (tertiary/aromatic N) is 3. The quantitative estimate of drug-likeness (QED) is 0.740. The van der Waals surface area contributed by atoms with E-state index in [2.05, 4.69) is 11.2 Å². The van der Waals surface area contributed by atoms with Crippen LogP contribution in [0.1, 0.15) is 5.69 Å². The van der Waals surface area contributed by atoms with Gasteiger partial charge in [0.2, 0.25) is 0 Å². The van der Waals surface area contributed by atoms with Crippen LogP contribution < -0.4 is 4.74 Å². The van der Waals surface area contributed by atoms with E-state index >= 15 is 0 Å². The Morgan fingerprint density at radius 2 is 2.13 bits per heavy atom. The lowest BCUT2D eigenvalue weighted by atomic mass is 10.3. The Labute approximate surface area is 87.3 Å². The van der Waals surface area contributed by atoms with Crippen LogP contribution in [0.25, 0.3) is 5.69 Å². The van der Waals surface area contributed by atoms with E-state index in [4.69, 9.17) is 10.00 Å². The second kappa shape index (κ2) is 3.84. The Bertz CT molecular complexity index is 511. The Morgan fingerprint density at radius 1 is 1.33 bits per heavy atom. The van der Waals surface area contributed by atoms with Gasteiger partial charge in [-0.15, -0.1) is 0 Å². The van der Waals surface area contributed by atoms with E-state index in [0.29, 0.717) is 11.4 Å². The normalized spacial score (nSPS) is 9.60. The van der Waals surface area contributed by atoms with Crippen molar-refractivity contribution in [3.05, 3.63) is 42.2 Å². The van der Waals surface area contributed by atoms with Gasteiger partial charge in [-0.25, -0.2) is 4.68 Å². The molecule has 0 aliphatic carbocycles. The summed E-state index contributed by atoms with van der Waals surface area (Å²) in [5, 5.41) is 13.0. The van der Waals surface area contributed by atoms with Crippen LogP contribution in [0.5, 0.6) is 5.75 Å². The van der Waals surface area contributed by atoms with Crippen molar-refractivity contribution in [1.82, 2.24) is 9.78 Å². The molecule has 74 valence electrons. The molecule has 0 unspecified atom stereocenters. The number of benzene rings is 1. The molecule has 0 atom stereocenters. The highest BCUT2D eigenvalue weighted by Gasteiger charge is 2.08. The van der Waals surface area contributed by atoms with E-state index in [1.165, 1.54) is 0 Å². The van der Waals surface area contributed by atoms with Gasteiger partial charge in [0.15, 0.2) is 0 Å². The third kappa shape index (κ3) is 1.55. The molecule has 2 rings (SSSR count). The van der Waals surface area contributed by atoms with Crippen molar-refractivity contribution in [1.29, 1.82) is 5.26 Å². The topological polar surface area (TPSA) is 50.8 Å². The molecule has 1 aromatic carbocycles. The van der Waals surface area contributed by atoms with Crippen molar-refractivity contribution in [2.75, 3.05) is 7.11 Å². The highest BCUT2D eigenvalue weighted by molar-refractivity contribution is 5.48. The zero-order valence-corrected chi connectivity index (χ0v) is 8.21. The molecule has 0 amide bonds. The molecule has 4 nitrogen and oxygen atoms in total. The van der Waals surface area contributed by atoms with E-state index in [-0.39, 0.29) is 0 Å². The van der Waals surface area contributed by atoms with Crippen LogP contribution in [0, 0.1) is 11.3 Å². The SMILES string of the molecule is COc1ccccc1-n1nccc1C#N. The lowest BCUT2D eigenvalue weighted by Crippen LogP contribution is -2.01. The summed E-state index contributed by atoms with van der Waals surface area (Å²) in [6, 6.07) is 11.2. The first kappa shape index (κ1) is 9.28. The fraction of sp³-hybridized carbons (Fsp3) is 0.0909. The lowest BCUT2D eigenvalue weighted by Gasteiger charge is -2.08. The number of nitriles is 1. The number of aromatic nitrogens is 2. The highest BCUT2D eigenvalue weighted by Crippen LogP contribution is 2.22. The highest BCUT2D eigenvalue weighted by atomic mass is 16.5. The van der Waals surface area contributed by atoms with E-state index in [9.17, 15) is 0 Å². The van der Waals surface area contributed by atoms with Gasteiger partial charge in [0, 0.05) is 0 Å². The van der Waals surface area contributed by atoms with E-state index in [1.807, 2.05) is 24.3 Å². The van der Waals surface area contributed by atoms with Gasteiger partial charge in [-0.05, 0) is 18.2 Å². The number of hydrogen-bond acceptors (Lipinski definition) is 3. The van der Waals surface area contributed by atoms with Gasteiger partial charge < -0.3 is 4.74 Å². The first-order valence-corrected chi connectivity index (χ1v) is 4.44. The predicted molar refractivity (Wildman–Crippen MR) is 54.8 cm³/mol. The standard InChI is InChI=1S/C11H9N3O/c1-15-11-5-3-2-4-10(11)14-9(8-12)6-7-13-14/h2-7H,1H3. The Balaban J connectivity index is 2.59. The molecule has 0 aliphatic rings. The first-order valence-electron chi connectivity index (χ1n) is 4.44. The molecular formula is C11H9N3O. The summed E-state index contributed by atoms with van der Waals surface area (Å²) in [6.45, 7) is 0. The number of methoxy groups -OCH3 is 1. The molecule has 0 bridgehead atoms. The maximum atomic E-state index is 8.88. The lowest BCUT2D eigenvalue weighted by molar-refractivity contribution is 0.411. The number of para-hydroxylation sites is 2. The summed E-state index contributed by atoms with van der Waals surface area (Å²) in [5.74, 6) is 0.692. The Kier molecular flexibility index (Phi) is 2.38. The van der Waals surface area contributed by atoms with Gasteiger partial charge in [-0.1, -0.05) is 12.1 Å². The molecule has 0 saturated carbocycles. The largest absolute Gasteiger partial charge is 0.494 e. The van der Waals surface area contributed by atoms with Gasteiger partial charge in [0.25, 0.3) is 0 Å². The second-order valence-electron chi connectivity index (χ2n) is 2.91. The van der Waals surface area contributed by atoms with Crippen molar-refractivity contribution in [2.45, 2.75) is 0 Å². The van der Waals surface area contributed by atoms with Gasteiger partial charge in [-0.2, -0.15) is 10.4 Å². The summed E-state index contributed by atoms with van der Waals surface area (Å²) >= 11 is 0. The summed E-state index contributed by atoms with van der Waals surface area (Å²) in [6.07, 6.45) is 1.59. The Hall–Kier alpha value is -2.28. The number of hydrogen-bond donors (Lipinski definition) is 0. The second-order valence-corrected chi connectivity index (χ2v) is 2.91. The van der Waals surface area contributed by atoms with Crippen molar-refractivity contribution >= 4 is 0 Å². The van der Waals surface area contributed by atoms with Crippen molar-refractivity contribution in [3.8, 4) is 17.5 Å². The summed E-state index contributed by atoms with van der Waals surface area (Å²) in [7, 11) is 1.59. The molecule has 0 aliphatic heterocycles. The van der Waals surface area contributed by atoms with Crippen LogP contribution >= 0.6 is 0 Å². The molecule has 2 aromatic rings. The third-order valence-corrected chi connectivity index (χ3v) is 2.07. The average Bonchev–Trinajstić information content (AvgIpc) is 2.76. The molecule has 1 aromatic heterocycles. The van der Waals surface area contributed by atoms with Crippen LogP contribution in [0.3, 0.4) is 0 Å². The molecule has 15 heavy (non-hydrogen) atoms. The monoisotopic (exact) mass is 199 g/mol. The van der Waals surface area contributed by atoms with Gasteiger partial charge in [0.05, 0.1) is 13.3 Å². The van der Waals surface area contributed by atoms with Crippen LogP contribution in [0.2, 0.25) is 0 Å². The van der Waals surface area contributed by atoms with Gasteiger partial charge in [-0.3, -0.25) is 0 Å². The van der Waals surface area contributed by atoms with Gasteiger partial charge in [0.1, 0.15) is 23.2 Å². The van der Waals surface area contributed by atoms with E-state index in [0.717, 1.165) is 5.69 Å². The smallest absolute Gasteiger partial charge is 0.144 e. The summed E-state index contributed by atoms with van der Waals surface area (Å²) in [4.78, 5) is 0. The van der Waals surface area contributed by atoms with Crippen LogP contribution in [-0.4, -0.2) is 16.9 Å². The molecule has 1 heterocycles. The molecule has 0 fully saturated rings. The minimum absolute atomic E-state index is 0.486. The van der Waals surface area contributed by atoms with Crippen molar-refractivity contribution in [2.24, 2.45) is 0 Å². The van der Waals surface area contributed by atoms with E-state index < -0.39 is 0 Å². The third-order valence-electron chi connectivity index (χ3n) is 2.07. The van der Waals surface area contributed by atoms with Crippen LogP contribution in [0.15, 0.2) is 36.5 Å². The summed E-state index contributed by atoms with van der Waals surface area (Å²) in [5.41, 5.74) is 1.25. The molecule has 0 spiro atoms. The van der Waals surface area contributed by atoms with Crippen LogP contribution in [0.4, 0.5) is 0 Å². The maximum Gasteiger partial charge on any atom is 0.144 e. The van der Waals surface area contributed by atoms with Crippen LogP contribution in [-0.2, 0) is 0 Å². The fourth-order valence-corrected chi connectivity index (χ4v) is 1.38. The summed E-state index contributed by atoms with van der Waals surface area (Å²) < 4.78 is 6.75. The molecule has 0 N–H and O–H groups in total. The average molecular weight is 199 g/mol.